The average molecular weight is 503 g/mol. The number of rotatable bonds is 11. The largest absolute Gasteiger partial charge is 0.482 e. The van der Waals surface area contributed by atoms with Gasteiger partial charge in [0.25, 0.3) is 5.56 Å². The zero-order valence-corrected chi connectivity index (χ0v) is 22.1. The highest BCUT2D eigenvalue weighted by molar-refractivity contribution is 5.94. The first-order valence-electron chi connectivity index (χ1n) is 12.3. The molecule has 0 bridgehead atoms. The molecule has 2 aromatic rings. The summed E-state index contributed by atoms with van der Waals surface area (Å²) in [6, 6.07) is 7.04. The molecule has 1 heterocycles. The number of carbonyl (C=O) groups excluding carboxylic acids is 2. The van der Waals surface area contributed by atoms with E-state index in [1.807, 2.05) is 13.8 Å². The fourth-order valence-electron chi connectivity index (χ4n) is 3.62. The van der Waals surface area contributed by atoms with Crippen LogP contribution in [-0.4, -0.2) is 33.2 Å². The van der Waals surface area contributed by atoms with Gasteiger partial charge in [0, 0.05) is 19.0 Å². The molecular formula is C26H38N4O6. The monoisotopic (exact) mass is 502 g/mol. The van der Waals surface area contributed by atoms with E-state index in [-0.39, 0.29) is 30.6 Å². The van der Waals surface area contributed by atoms with Crippen LogP contribution in [0, 0.1) is 5.92 Å². The molecule has 10 heteroatoms. The number of esters is 1. The number of hydrogen-bond donors (Lipinski definition) is 2. The standard InChI is InChI=1S/C26H38N4O6/c1-7-13-29-22(27)21(24(33)30(14-8-2)25(29)34)28-23(32)17(3)15-18-9-11-19(12-10-18)35-16-20(31)36-26(4,5)6/h9-12,17H,7-8,13-16,27H2,1-6H3,(H,28,32). The molecule has 1 atom stereocenters. The van der Waals surface area contributed by atoms with Crippen LogP contribution in [0.25, 0.3) is 0 Å². The van der Waals surface area contributed by atoms with Crippen molar-refractivity contribution in [2.75, 3.05) is 17.7 Å². The topological polar surface area (TPSA) is 135 Å². The van der Waals surface area contributed by atoms with Crippen molar-refractivity contribution >= 4 is 23.4 Å². The molecule has 0 fully saturated rings. The van der Waals surface area contributed by atoms with Gasteiger partial charge >= 0.3 is 11.7 Å². The fraction of sp³-hybridized carbons (Fsp3) is 0.538. The highest BCUT2D eigenvalue weighted by atomic mass is 16.6. The van der Waals surface area contributed by atoms with Crippen LogP contribution >= 0.6 is 0 Å². The molecule has 36 heavy (non-hydrogen) atoms. The quantitative estimate of drug-likeness (QED) is 0.451. The van der Waals surface area contributed by atoms with Gasteiger partial charge < -0.3 is 20.5 Å². The second kappa shape index (κ2) is 12.4. The van der Waals surface area contributed by atoms with Crippen LogP contribution in [0.15, 0.2) is 33.9 Å². The number of hydrogen-bond acceptors (Lipinski definition) is 7. The zero-order chi connectivity index (χ0) is 27.0. The van der Waals surface area contributed by atoms with E-state index in [9.17, 15) is 19.2 Å². The van der Waals surface area contributed by atoms with Gasteiger partial charge in [-0.2, -0.15) is 0 Å². The molecule has 198 valence electrons. The van der Waals surface area contributed by atoms with E-state index in [1.54, 1.807) is 52.0 Å². The number of nitrogens with one attached hydrogen (secondary N) is 1. The second-order valence-electron chi connectivity index (χ2n) is 9.76. The molecule has 0 saturated heterocycles. The lowest BCUT2D eigenvalue weighted by atomic mass is 10.0. The van der Waals surface area contributed by atoms with Crippen LogP contribution in [0.4, 0.5) is 11.5 Å². The molecule has 0 saturated carbocycles. The Morgan fingerprint density at radius 3 is 2.17 bits per heavy atom. The van der Waals surface area contributed by atoms with Crippen molar-refractivity contribution in [2.24, 2.45) is 5.92 Å². The molecule has 2 rings (SSSR count). The molecule has 0 spiro atoms. The van der Waals surface area contributed by atoms with Gasteiger partial charge in [-0.1, -0.05) is 32.9 Å². The highest BCUT2D eigenvalue weighted by Gasteiger charge is 2.22. The first-order chi connectivity index (χ1) is 16.9. The molecule has 0 aliphatic heterocycles. The number of ether oxygens (including phenoxy) is 2. The minimum atomic E-state index is -0.598. The lowest BCUT2D eigenvalue weighted by Gasteiger charge is -2.19. The summed E-state index contributed by atoms with van der Waals surface area (Å²) in [4.78, 5) is 50.3. The first-order valence-corrected chi connectivity index (χ1v) is 12.3. The molecule has 1 amide bonds. The van der Waals surface area contributed by atoms with Crippen molar-refractivity contribution < 1.29 is 19.1 Å². The van der Waals surface area contributed by atoms with Crippen LogP contribution in [0.3, 0.4) is 0 Å². The molecule has 1 aromatic carbocycles. The maximum absolute atomic E-state index is 12.9. The molecular weight excluding hydrogens is 464 g/mol. The number of amides is 1. The minimum absolute atomic E-state index is 0.0359. The summed E-state index contributed by atoms with van der Waals surface area (Å²) < 4.78 is 13.1. The Kier molecular flexibility index (Phi) is 9.89. The lowest BCUT2D eigenvalue weighted by Crippen LogP contribution is -2.43. The van der Waals surface area contributed by atoms with Gasteiger partial charge in [0.2, 0.25) is 5.91 Å². The Balaban J connectivity index is 2.09. The first kappa shape index (κ1) is 28.7. The minimum Gasteiger partial charge on any atom is -0.482 e. The van der Waals surface area contributed by atoms with Crippen molar-refractivity contribution in [2.45, 2.75) is 79.5 Å². The molecule has 0 aliphatic carbocycles. The van der Waals surface area contributed by atoms with E-state index >= 15 is 0 Å². The van der Waals surface area contributed by atoms with Crippen LogP contribution in [-0.2, 0) is 33.8 Å². The summed E-state index contributed by atoms with van der Waals surface area (Å²) in [6.45, 7) is 11.2. The summed E-state index contributed by atoms with van der Waals surface area (Å²) >= 11 is 0. The van der Waals surface area contributed by atoms with E-state index < -0.39 is 28.7 Å². The maximum atomic E-state index is 12.9. The Labute approximate surface area is 211 Å². The van der Waals surface area contributed by atoms with Crippen LogP contribution < -0.4 is 27.0 Å². The predicted octanol–water partition coefficient (Wildman–Crippen LogP) is 2.95. The molecule has 0 radical (unpaired) electrons. The van der Waals surface area contributed by atoms with E-state index in [4.69, 9.17) is 15.2 Å². The predicted molar refractivity (Wildman–Crippen MR) is 139 cm³/mol. The third-order valence-electron chi connectivity index (χ3n) is 5.30. The van der Waals surface area contributed by atoms with Gasteiger partial charge in [-0.25, -0.2) is 9.59 Å². The van der Waals surface area contributed by atoms with Gasteiger partial charge in [-0.15, -0.1) is 0 Å². The van der Waals surface area contributed by atoms with Gasteiger partial charge in [0.1, 0.15) is 22.9 Å². The number of carbonyl (C=O) groups is 2. The smallest absolute Gasteiger partial charge is 0.344 e. The van der Waals surface area contributed by atoms with E-state index in [1.165, 1.54) is 4.57 Å². The summed E-state index contributed by atoms with van der Waals surface area (Å²) in [5, 5.41) is 2.65. The number of nitrogens with zero attached hydrogens (tertiary/aromatic N) is 2. The van der Waals surface area contributed by atoms with Crippen molar-refractivity contribution in [1.29, 1.82) is 0 Å². The molecule has 3 N–H and O–H groups in total. The Hall–Kier alpha value is -3.56. The van der Waals surface area contributed by atoms with Crippen molar-refractivity contribution in [3.05, 3.63) is 50.7 Å². The Bertz CT molecular complexity index is 1180. The van der Waals surface area contributed by atoms with Gasteiger partial charge in [0.05, 0.1) is 0 Å². The SMILES string of the molecule is CCCn1c(N)c(NC(=O)C(C)Cc2ccc(OCC(=O)OC(C)(C)C)cc2)c(=O)n(CCC)c1=O. The van der Waals surface area contributed by atoms with Crippen LogP contribution in [0.1, 0.15) is 59.9 Å². The van der Waals surface area contributed by atoms with E-state index in [0.717, 1.165) is 10.1 Å². The number of nitrogens with two attached hydrogens (primary N) is 1. The van der Waals surface area contributed by atoms with E-state index in [2.05, 4.69) is 5.32 Å². The van der Waals surface area contributed by atoms with Gasteiger partial charge in [0.15, 0.2) is 6.61 Å². The lowest BCUT2D eigenvalue weighted by molar-refractivity contribution is -0.157. The number of benzene rings is 1. The zero-order valence-electron chi connectivity index (χ0n) is 22.1. The summed E-state index contributed by atoms with van der Waals surface area (Å²) in [5.41, 5.74) is 5.27. The van der Waals surface area contributed by atoms with Crippen molar-refractivity contribution in [3.8, 4) is 5.75 Å². The van der Waals surface area contributed by atoms with Crippen LogP contribution in [0.5, 0.6) is 5.75 Å². The summed E-state index contributed by atoms with van der Waals surface area (Å²) in [5.74, 6) is -0.855. The normalized spacial score (nSPS) is 12.2. The fourth-order valence-corrected chi connectivity index (χ4v) is 3.62. The second-order valence-corrected chi connectivity index (χ2v) is 9.76. The molecule has 0 aliphatic rings. The molecule has 1 aromatic heterocycles. The maximum Gasteiger partial charge on any atom is 0.344 e. The Morgan fingerprint density at radius 2 is 1.61 bits per heavy atom. The van der Waals surface area contributed by atoms with Crippen LogP contribution in [0.2, 0.25) is 0 Å². The molecule has 1 unspecified atom stereocenters. The van der Waals surface area contributed by atoms with Crippen molar-refractivity contribution in [1.82, 2.24) is 9.13 Å². The van der Waals surface area contributed by atoms with Gasteiger partial charge in [-0.3, -0.25) is 18.7 Å². The third-order valence-corrected chi connectivity index (χ3v) is 5.30. The number of anilines is 2. The van der Waals surface area contributed by atoms with E-state index in [0.29, 0.717) is 31.6 Å². The summed E-state index contributed by atoms with van der Waals surface area (Å²) in [7, 11) is 0. The van der Waals surface area contributed by atoms with Crippen molar-refractivity contribution in [3.63, 3.8) is 0 Å². The van der Waals surface area contributed by atoms with Gasteiger partial charge in [-0.05, 0) is 57.7 Å². The molecule has 10 nitrogen and oxygen atoms in total. The Morgan fingerprint density at radius 1 is 1.03 bits per heavy atom. The highest BCUT2D eigenvalue weighted by Crippen LogP contribution is 2.18. The number of aromatic nitrogens is 2. The number of nitrogen functional groups attached to an aromatic ring is 1. The summed E-state index contributed by atoms with van der Waals surface area (Å²) in [6.07, 6.45) is 1.64. The third kappa shape index (κ3) is 7.73. The average Bonchev–Trinajstić information content (AvgIpc) is 2.80.